The van der Waals surface area contributed by atoms with Crippen molar-refractivity contribution in [3.8, 4) is 24.3 Å². The quantitative estimate of drug-likeness (QED) is 0.245. The monoisotopic (exact) mass is 570 g/mol. The largest absolute Gasteiger partial charge is 0.451 e. The van der Waals surface area contributed by atoms with Crippen LogP contribution in [0.3, 0.4) is 0 Å². The predicted octanol–water partition coefficient (Wildman–Crippen LogP) is 3.04. The number of amides is 2. The van der Waals surface area contributed by atoms with E-state index in [2.05, 4.69) is 12.8 Å². The van der Waals surface area contributed by atoms with Gasteiger partial charge in [-0.05, 0) is 56.3 Å². The van der Waals surface area contributed by atoms with Gasteiger partial charge in [-0.2, -0.15) is 0 Å². The summed E-state index contributed by atoms with van der Waals surface area (Å²) in [6, 6.07) is 7.58. The Hall–Kier alpha value is -3.08. The predicted molar refractivity (Wildman–Crippen MR) is 139 cm³/mol. The van der Waals surface area contributed by atoms with E-state index in [0.717, 1.165) is 29.3 Å². The van der Waals surface area contributed by atoms with Gasteiger partial charge in [0.15, 0.2) is 17.4 Å². The highest BCUT2D eigenvalue weighted by Crippen LogP contribution is 2.30. The van der Waals surface area contributed by atoms with Crippen LogP contribution >= 0.6 is 11.6 Å². The zero-order chi connectivity index (χ0) is 28.2. The Balaban J connectivity index is 0.00000247. The van der Waals surface area contributed by atoms with E-state index in [4.69, 9.17) is 21.5 Å². The number of likely N-dealkylation sites (tertiary alicyclic amines) is 1. The van der Waals surface area contributed by atoms with Gasteiger partial charge in [0.1, 0.15) is 16.7 Å². The highest BCUT2D eigenvalue weighted by molar-refractivity contribution is 7.82. The minimum atomic E-state index is -2.17. The van der Waals surface area contributed by atoms with Crippen LogP contribution in [-0.2, 0) is 20.6 Å². The molecule has 0 aromatic heterocycles. The molecule has 2 amide bonds. The van der Waals surface area contributed by atoms with Gasteiger partial charge in [0.2, 0.25) is 5.91 Å². The Morgan fingerprint density at radius 3 is 2.24 bits per heavy atom. The maximum atomic E-state index is 14.7. The van der Waals surface area contributed by atoms with Gasteiger partial charge in [0, 0.05) is 31.2 Å². The average molecular weight is 571 g/mol. The number of hydrogen-bond donors (Lipinski definition) is 2. The summed E-state index contributed by atoms with van der Waals surface area (Å²) in [6.45, 7) is 1.29. The lowest BCUT2D eigenvalue weighted by Gasteiger charge is -2.25. The molecule has 13 heteroatoms. The number of benzene rings is 2. The van der Waals surface area contributed by atoms with Crippen LogP contribution in [0.15, 0.2) is 41.3 Å². The van der Waals surface area contributed by atoms with Gasteiger partial charge in [-0.1, -0.05) is 11.6 Å². The number of rotatable bonds is 11. The first-order valence-electron chi connectivity index (χ1n) is 11.5. The molecule has 2 aromatic rings. The average Bonchev–Trinajstić information content (AvgIpc) is 3.45. The Bertz CT molecular complexity index is 1120. The summed E-state index contributed by atoms with van der Waals surface area (Å²) in [4.78, 5) is 27.4. The Labute approximate surface area is 227 Å². The van der Waals surface area contributed by atoms with Crippen LogP contribution < -0.4 is 10.2 Å². The van der Waals surface area contributed by atoms with Crippen LogP contribution in [0.25, 0.3) is 0 Å². The molecule has 9 nitrogen and oxygen atoms in total. The fourth-order valence-electron chi connectivity index (χ4n) is 3.58. The zero-order valence-corrected chi connectivity index (χ0v) is 22.3. The molecule has 1 aliphatic rings. The maximum Gasteiger partial charge on any atom is 0.258 e. The molecule has 1 unspecified atom stereocenters. The first-order chi connectivity index (χ1) is 18.2. The lowest BCUT2D eigenvalue weighted by atomic mass is 10.3. The number of nitrogens with one attached hydrogen (secondary N) is 1. The van der Waals surface area contributed by atoms with Gasteiger partial charge in [-0.15, -0.1) is 12.8 Å². The van der Waals surface area contributed by atoms with Crippen LogP contribution in [-0.4, -0.2) is 81.7 Å². The molecule has 1 aliphatic heterocycles. The van der Waals surface area contributed by atoms with Crippen molar-refractivity contribution >= 4 is 34.4 Å². The van der Waals surface area contributed by atoms with Gasteiger partial charge < -0.3 is 9.64 Å². The van der Waals surface area contributed by atoms with Crippen molar-refractivity contribution in [2.24, 2.45) is 0 Å². The molecule has 1 atom stereocenters. The van der Waals surface area contributed by atoms with Gasteiger partial charge in [-0.25, -0.2) is 22.8 Å². The Morgan fingerprint density at radius 1 is 1.11 bits per heavy atom. The van der Waals surface area contributed by atoms with Crippen LogP contribution in [0.4, 0.5) is 8.78 Å². The summed E-state index contributed by atoms with van der Waals surface area (Å²) in [5, 5.41) is 9.33. The van der Waals surface area contributed by atoms with Gasteiger partial charge in [0.25, 0.3) is 5.91 Å². The molecular formula is C25H29ClF2N4O5S. The van der Waals surface area contributed by atoms with E-state index in [1.54, 1.807) is 16.8 Å². The zero-order valence-electron chi connectivity index (χ0n) is 20.7. The third-order valence-corrected chi connectivity index (χ3v) is 7.15. The van der Waals surface area contributed by atoms with Crippen LogP contribution in [0.5, 0.6) is 11.5 Å². The molecule has 206 valence electrons. The SMILES string of the molecule is C#C.CN(CCN(CC(=O)NO)S(=O)c1cc(F)c(Oc2ccc(Cl)cc2)c(F)c1)CC(=O)N1CCCC1. The summed E-state index contributed by atoms with van der Waals surface area (Å²) >= 11 is 5.80. The number of terminal acetylenes is 1. The fourth-order valence-corrected chi connectivity index (χ4v) is 4.89. The van der Waals surface area contributed by atoms with Crippen molar-refractivity contribution in [1.82, 2.24) is 19.6 Å². The van der Waals surface area contributed by atoms with Crippen LogP contribution in [0, 0.1) is 24.5 Å². The van der Waals surface area contributed by atoms with Crippen molar-refractivity contribution in [3.05, 3.63) is 53.1 Å². The Kier molecular flexibility index (Phi) is 12.6. The van der Waals surface area contributed by atoms with Crippen molar-refractivity contribution in [2.45, 2.75) is 17.7 Å². The molecule has 1 saturated heterocycles. The summed E-state index contributed by atoms with van der Waals surface area (Å²) < 4.78 is 49.0. The van der Waals surface area contributed by atoms with Gasteiger partial charge >= 0.3 is 0 Å². The molecule has 0 aliphatic carbocycles. The van der Waals surface area contributed by atoms with E-state index in [1.807, 2.05) is 0 Å². The number of ether oxygens (including phenoxy) is 1. The van der Waals surface area contributed by atoms with E-state index < -0.39 is 40.8 Å². The lowest BCUT2D eigenvalue weighted by Crippen LogP contribution is -2.43. The van der Waals surface area contributed by atoms with Gasteiger partial charge in [-0.3, -0.25) is 19.7 Å². The fraction of sp³-hybridized carbons (Fsp3) is 0.360. The van der Waals surface area contributed by atoms with Crippen molar-refractivity contribution in [2.75, 3.05) is 46.3 Å². The normalized spacial score (nSPS) is 13.7. The smallest absolute Gasteiger partial charge is 0.258 e. The number of carbonyl (C=O) groups excluding carboxylic acids is 2. The lowest BCUT2D eigenvalue weighted by molar-refractivity contribution is -0.131. The third-order valence-electron chi connectivity index (χ3n) is 5.48. The van der Waals surface area contributed by atoms with E-state index in [-0.39, 0.29) is 36.2 Å². The number of carbonyl (C=O) groups is 2. The number of likely N-dealkylation sites (N-methyl/N-ethyl adjacent to an activating group) is 1. The second-order valence-electron chi connectivity index (χ2n) is 8.25. The van der Waals surface area contributed by atoms with E-state index in [0.29, 0.717) is 18.1 Å². The first-order valence-corrected chi connectivity index (χ1v) is 13.0. The molecule has 38 heavy (non-hydrogen) atoms. The molecule has 3 rings (SSSR count). The van der Waals surface area contributed by atoms with E-state index in [9.17, 15) is 22.6 Å². The van der Waals surface area contributed by atoms with E-state index in [1.165, 1.54) is 29.7 Å². The van der Waals surface area contributed by atoms with Crippen molar-refractivity contribution in [3.63, 3.8) is 0 Å². The molecule has 0 saturated carbocycles. The summed E-state index contributed by atoms with van der Waals surface area (Å²) in [5.74, 6) is -3.60. The van der Waals surface area contributed by atoms with Crippen LogP contribution in [0.1, 0.15) is 12.8 Å². The maximum absolute atomic E-state index is 14.7. The summed E-state index contributed by atoms with van der Waals surface area (Å²) in [7, 11) is -0.469. The minimum Gasteiger partial charge on any atom is -0.451 e. The molecule has 0 spiro atoms. The summed E-state index contributed by atoms with van der Waals surface area (Å²) in [6.07, 6.45) is 9.93. The standard InChI is InChI=1S/C23H27ClF2N4O5S.C2H2/c1-28(15-22(32)29-8-2-3-9-29)10-11-30(14-21(31)27-33)36(34)18-12-19(25)23(20(26)13-18)35-17-6-4-16(24)5-7-17;1-2/h4-7,12-13,33H,2-3,8-11,14-15H2,1H3,(H,27,31);1-2H. The second-order valence-corrected chi connectivity index (χ2v) is 10.2. The Morgan fingerprint density at radius 2 is 1.68 bits per heavy atom. The number of hydrogen-bond acceptors (Lipinski definition) is 6. The molecular weight excluding hydrogens is 542 g/mol. The summed E-state index contributed by atoms with van der Waals surface area (Å²) in [5.41, 5.74) is 1.45. The van der Waals surface area contributed by atoms with E-state index >= 15 is 0 Å². The van der Waals surface area contributed by atoms with Gasteiger partial charge in [0.05, 0.1) is 18.0 Å². The highest BCUT2D eigenvalue weighted by Gasteiger charge is 2.24. The molecule has 1 heterocycles. The molecule has 2 N–H and O–H groups in total. The topological polar surface area (TPSA) is 102 Å². The van der Waals surface area contributed by atoms with Crippen molar-refractivity contribution < 1.29 is 32.5 Å². The molecule has 2 aromatic carbocycles. The number of halogens is 3. The van der Waals surface area contributed by atoms with Crippen LogP contribution in [0.2, 0.25) is 5.02 Å². The third kappa shape index (κ3) is 9.04. The highest BCUT2D eigenvalue weighted by atomic mass is 35.5. The molecule has 0 radical (unpaired) electrons. The second kappa shape index (κ2) is 15.4. The molecule has 0 bridgehead atoms. The first kappa shape index (κ1) is 31.1. The minimum absolute atomic E-state index is 0.01000. The van der Waals surface area contributed by atoms with Crippen molar-refractivity contribution in [1.29, 1.82) is 0 Å². The molecule has 1 fully saturated rings. The number of hydroxylamine groups is 1. The number of nitrogens with zero attached hydrogens (tertiary/aromatic N) is 3.